The summed E-state index contributed by atoms with van der Waals surface area (Å²) in [6, 6.07) is 0. The summed E-state index contributed by atoms with van der Waals surface area (Å²) in [5, 5.41) is 0. The first kappa shape index (κ1) is 24.7. The lowest BCUT2D eigenvalue weighted by molar-refractivity contribution is -0.141. The van der Waals surface area contributed by atoms with Crippen LogP contribution in [0, 0.1) is 0 Å². The number of carbonyl (C=O) groups is 1. The lowest BCUT2D eigenvalue weighted by Gasteiger charge is -2.03. The first-order valence-electron chi connectivity index (χ1n) is 9.90. The zero-order valence-corrected chi connectivity index (χ0v) is 16.3. The number of esters is 1. The van der Waals surface area contributed by atoms with E-state index in [2.05, 4.69) is 6.92 Å². The molecule has 0 unspecified atom stereocenters. The summed E-state index contributed by atoms with van der Waals surface area (Å²) in [5.74, 6) is -0.155. The monoisotopic (exact) mass is 330 g/mol. The van der Waals surface area contributed by atoms with Gasteiger partial charge >= 0.3 is 5.97 Å². The topological polar surface area (TPSA) is 35.5 Å². The first-order chi connectivity index (χ1) is 11.2. The van der Waals surface area contributed by atoms with E-state index >= 15 is 0 Å². The van der Waals surface area contributed by atoms with Gasteiger partial charge in [0, 0.05) is 20.1 Å². The number of hydrogen-bond donors (Lipinski definition) is 0. The third-order valence-corrected chi connectivity index (χ3v) is 3.71. The van der Waals surface area contributed by atoms with Crippen molar-refractivity contribution in [3.05, 3.63) is 0 Å². The van der Waals surface area contributed by atoms with Crippen LogP contribution in [0.1, 0.15) is 105 Å². The van der Waals surface area contributed by atoms with E-state index in [0.717, 1.165) is 19.6 Å². The van der Waals surface area contributed by atoms with Gasteiger partial charge in [0.05, 0.1) is 6.61 Å². The Labute approximate surface area is 145 Å². The van der Waals surface area contributed by atoms with Crippen molar-refractivity contribution in [3.63, 3.8) is 0 Å². The summed E-state index contributed by atoms with van der Waals surface area (Å²) in [7, 11) is 0. The molecule has 0 spiro atoms. The van der Waals surface area contributed by atoms with Gasteiger partial charge in [0.1, 0.15) is 0 Å². The molecule has 3 heteroatoms. The smallest absolute Gasteiger partial charge is 0.302 e. The van der Waals surface area contributed by atoms with Gasteiger partial charge in [-0.2, -0.15) is 0 Å². The number of rotatable bonds is 15. The van der Waals surface area contributed by atoms with Gasteiger partial charge in [-0.05, 0) is 20.3 Å². The van der Waals surface area contributed by atoms with E-state index in [1.165, 1.54) is 77.6 Å². The fourth-order valence-electron chi connectivity index (χ4n) is 2.36. The molecule has 0 aliphatic carbocycles. The summed E-state index contributed by atoms with van der Waals surface area (Å²) in [5.41, 5.74) is 0. The molecule has 0 aromatic heterocycles. The Morgan fingerprint density at radius 3 is 1.35 bits per heavy atom. The quantitative estimate of drug-likeness (QED) is 0.261. The predicted molar refractivity (Wildman–Crippen MR) is 99.9 cm³/mol. The van der Waals surface area contributed by atoms with Crippen LogP contribution in [0.3, 0.4) is 0 Å². The normalized spacial score (nSPS) is 10.1. The molecule has 0 fully saturated rings. The largest absolute Gasteiger partial charge is 0.466 e. The fourth-order valence-corrected chi connectivity index (χ4v) is 2.36. The molecule has 0 atom stereocenters. The fraction of sp³-hybridized carbons (Fsp3) is 0.950. The van der Waals surface area contributed by atoms with Gasteiger partial charge in [-0.3, -0.25) is 4.79 Å². The van der Waals surface area contributed by atoms with E-state index in [1.54, 1.807) is 0 Å². The van der Waals surface area contributed by atoms with Crippen molar-refractivity contribution in [3.8, 4) is 0 Å². The van der Waals surface area contributed by atoms with E-state index in [-0.39, 0.29) is 5.97 Å². The standard InChI is InChI=1S/C16H32O2.C4H10O/c1-3-4-5-6-7-8-9-10-11-12-13-14-15-18-16(2)17;1-3-5-4-2/h3-15H2,1-2H3;3-4H2,1-2H3. The van der Waals surface area contributed by atoms with Crippen LogP contribution in [0.25, 0.3) is 0 Å². The van der Waals surface area contributed by atoms with Crippen molar-refractivity contribution in [2.75, 3.05) is 19.8 Å². The zero-order valence-electron chi connectivity index (χ0n) is 16.3. The van der Waals surface area contributed by atoms with Crippen molar-refractivity contribution in [1.82, 2.24) is 0 Å². The average Bonchev–Trinajstić information content (AvgIpc) is 2.53. The molecule has 0 rings (SSSR count). The Morgan fingerprint density at radius 2 is 1.04 bits per heavy atom. The number of hydrogen-bond acceptors (Lipinski definition) is 3. The molecule has 0 bridgehead atoms. The Hall–Kier alpha value is -0.570. The highest BCUT2D eigenvalue weighted by Gasteiger charge is 1.95. The highest BCUT2D eigenvalue weighted by Crippen LogP contribution is 2.11. The molecule has 0 radical (unpaired) electrons. The van der Waals surface area contributed by atoms with Gasteiger partial charge in [0.2, 0.25) is 0 Å². The Balaban J connectivity index is 0. The molecule has 0 aliphatic rings. The van der Waals surface area contributed by atoms with Crippen molar-refractivity contribution in [2.24, 2.45) is 0 Å². The Bertz CT molecular complexity index is 215. The minimum atomic E-state index is -0.155. The van der Waals surface area contributed by atoms with Gasteiger partial charge in [0.15, 0.2) is 0 Å². The Morgan fingerprint density at radius 1 is 0.652 bits per heavy atom. The number of ether oxygens (including phenoxy) is 2. The molecule has 0 aliphatic heterocycles. The van der Waals surface area contributed by atoms with Gasteiger partial charge < -0.3 is 9.47 Å². The summed E-state index contributed by atoms with van der Waals surface area (Å²) in [6.45, 7) is 10.0. The molecule has 0 saturated carbocycles. The van der Waals surface area contributed by atoms with Crippen molar-refractivity contribution >= 4 is 5.97 Å². The molecule has 0 aromatic carbocycles. The predicted octanol–water partition coefficient (Wildman–Crippen LogP) is 6.29. The molecule has 140 valence electrons. The van der Waals surface area contributed by atoms with Gasteiger partial charge in [0.25, 0.3) is 0 Å². The molecule has 3 nitrogen and oxygen atoms in total. The van der Waals surface area contributed by atoms with Crippen LogP contribution in [0.5, 0.6) is 0 Å². The van der Waals surface area contributed by atoms with Crippen LogP contribution >= 0.6 is 0 Å². The maximum atomic E-state index is 10.5. The second-order valence-electron chi connectivity index (χ2n) is 6.01. The summed E-state index contributed by atoms with van der Waals surface area (Å²) in [4.78, 5) is 10.5. The van der Waals surface area contributed by atoms with Crippen molar-refractivity contribution < 1.29 is 14.3 Å². The third-order valence-electron chi connectivity index (χ3n) is 3.71. The maximum absolute atomic E-state index is 10.5. The minimum Gasteiger partial charge on any atom is -0.466 e. The molecule has 0 aromatic rings. The molecular formula is C20H42O3. The van der Waals surface area contributed by atoms with Crippen molar-refractivity contribution in [1.29, 1.82) is 0 Å². The van der Waals surface area contributed by atoms with Gasteiger partial charge in [-0.25, -0.2) is 0 Å². The summed E-state index contributed by atoms with van der Waals surface area (Å²) >= 11 is 0. The maximum Gasteiger partial charge on any atom is 0.302 e. The van der Waals surface area contributed by atoms with Crippen LogP contribution in [0.2, 0.25) is 0 Å². The number of unbranched alkanes of at least 4 members (excludes halogenated alkanes) is 11. The van der Waals surface area contributed by atoms with Crippen LogP contribution in [-0.2, 0) is 14.3 Å². The van der Waals surface area contributed by atoms with Crippen LogP contribution in [0.4, 0.5) is 0 Å². The van der Waals surface area contributed by atoms with Crippen LogP contribution in [-0.4, -0.2) is 25.8 Å². The van der Waals surface area contributed by atoms with Crippen molar-refractivity contribution in [2.45, 2.75) is 105 Å². The molecule has 0 saturated heterocycles. The second kappa shape index (κ2) is 23.7. The van der Waals surface area contributed by atoms with E-state index in [0.29, 0.717) is 6.61 Å². The zero-order chi connectivity index (χ0) is 17.6. The van der Waals surface area contributed by atoms with E-state index < -0.39 is 0 Å². The highest BCUT2D eigenvalue weighted by atomic mass is 16.5. The first-order valence-corrected chi connectivity index (χ1v) is 9.90. The van der Waals surface area contributed by atoms with Gasteiger partial charge in [-0.1, -0.05) is 77.6 Å². The summed E-state index contributed by atoms with van der Waals surface area (Å²) in [6.07, 6.45) is 16.1. The lowest BCUT2D eigenvalue weighted by Crippen LogP contribution is -2.00. The van der Waals surface area contributed by atoms with E-state index in [9.17, 15) is 4.79 Å². The average molecular weight is 331 g/mol. The third kappa shape index (κ3) is 30.0. The van der Waals surface area contributed by atoms with Crippen LogP contribution in [0.15, 0.2) is 0 Å². The second-order valence-corrected chi connectivity index (χ2v) is 6.01. The lowest BCUT2D eigenvalue weighted by atomic mass is 10.1. The SMILES string of the molecule is CCCCCCCCCCCCCCOC(C)=O.CCOCC. The Kier molecular flexibility index (Phi) is 25.4. The van der Waals surface area contributed by atoms with Gasteiger partial charge in [-0.15, -0.1) is 0 Å². The minimum absolute atomic E-state index is 0.155. The molecular weight excluding hydrogens is 288 g/mol. The van der Waals surface area contributed by atoms with Crippen LogP contribution < -0.4 is 0 Å². The molecule has 23 heavy (non-hydrogen) atoms. The molecule has 0 heterocycles. The highest BCUT2D eigenvalue weighted by molar-refractivity contribution is 5.65. The molecule has 0 amide bonds. The number of carbonyl (C=O) groups excluding carboxylic acids is 1. The molecule has 0 N–H and O–H groups in total. The summed E-state index contributed by atoms with van der Waals surface area (Å²) < 4.78 is 9.73. The van der Waals surface area contributed by atoms with E-state index in [4.69, 9.17) is 9.47 Å². The van der Waals surface area contributed by atoms with E-state index in [1.807, 2.05) is 13.8 Å².